The molecule has 2 N–H and O–H groups in total. The predicted octanol–water partition coefficient (Wildman–Crippen LogP) is 5.33. The van der Waals surface area contributed by atoms with Gasteiger partial charge in [-0.1, -0.05) is 61.8 Å². The molecule has 0 bridgehead atoms. The fraction of sp³-hybridized carbons (Fsp3) is 0.333. The van der Waals surface area contributed by atoms with Crippen LogP contribution in [0.4, 0.5) is 0 Å². The number of rotatable bonds is 6. The standard InChI is InChI=1S/C18H22ClNS/c1-13(2)10-14-6-5-7-15(11-14)17(20)12-21-18-9-4-3-8-16(18)19/h3-9,11,13,17H,10,12,20H2,1-2H3. The van der Waals surface area contributed by atoms with Gasteiger partial charge in [0.1, 0.15) is 0 Å². The normalized spacial score (nSPS) is 12.6. The van der Waals surface area contributed by atoms with Crippen molar-refractivity contribution in [2.75, 3.05) is 5.75 Å². The van der Waals surface area contributed by atoms with Crippen LogP contribution in [-0.4, -0.2) is 5.75 Å². The van der Waals surface area contributed by atoms with Crippen LogP contribution in [0.15, 0.2) is 53.4 Å². The highest BCUT2D eigenvalue weighted by atomic mass is 35.5. The Labute approximate surface area is 136 Å². The number of thioether (sulfide) groups is 1. The maximum atomic E-state index is 6.33. The van der Waals surface area contributed by atoms with Gasteiger partial charge >= 0.3 is 0 Å². The summed E-state index contributed by atoms with van der Waals surface area (Å²) in [6, 6.07) is 16.6. The molecule has 1 atom stereocenters. The van der Waals surface area contributed by atoms with Crippen molar-refractivity contribution in [2.24, 2.45) is 11.7 Å². The van der Waals surface area contributed by atoms with Crippen LogP contribution in [0.2, 0.25) is 5.02 Å². The molecule has 21 heavy (non-hydrogen) atoms. The topological polar surface area (TPSA) is 26.0 Å². The zero-order chi connectivity index (χ0) is 15.2. The average Bonchev–Trinajstić information content (AvgIpc) is 2.45. The lowest BCUT2D eigenvalue weighted by molar-refractivity contribution is 0.646. The van der Waals surface area contributed by atoms with E-state index in [2.05, 4.69) is 38.1 Å². The van der Waals surface area contributed by atoms with Crippen LogP contribution in [0.1, 0.15) is 31.0 Å². The van der Waals surface area contributed by atoms with E-state index in [0.29, 0.717) is 5.92 Å². The Bertz CT molecular complexity index is 583. The van der Waals surface area contributed by atoms with Gasteiger partial charge in [-0.2, -0.15) is 0 Å². The second kappa shape index (κ2) is 7.88. The number of nitrogens with two attached hydrogens (primary N) is 1. The molecule has 2 aromatic carbocycles. The summed E-state index contributed by atoms with van der Waals surface area (Å²) in [5.41, 5.74) is 8.89. The van der Waals surface area contributed by atoms with Gasteiger partial charge in [-0.15, -0.1) is 11.8 Å². The fourth-order valence-electron chi connectivity index (χ4n) is 2.26. The van der Waals surface area contributed by atoms with Crippen LogP contribution in [-0.2, 0) is 6.42 Å². The number of hydrogen-bond acceptors (Lipinski definition) is 2. The molecule has 0 radical (unpaired) electrons. The van der Waals surface area contributed by atoms with Gasteiger partial charge in [0.25, 0.3) is 0 Å². The van der Waals surface area contributed by atoms with E-state index in [4.69, 9.17) is 17.3 Å². The minimum atomic E-state index is 0.0263. The van der Waals surface area contributed by atoms with Crippen molar-refractivity contribution in [3.05, 3.63) is 64.7 Å². The van der Waals surface area contributed by atoms with Gasteiger partial charge in [0, 0.05) is 16.7 Å². The first-order valence-electron chi connectivity index (χ1n) is 7.28. The molecule has 0 aliphatic rings. The van der Waals surface area contributed by atoms with E-state index >= 15 is 0 Å². The van der Waals surface area contributed by atoms with E-state index in [0.717, 1.165) is 22.1 Å². The highest BCUT2D eigenvalue weighted by Crippen LogP contribution is 2.29. The highest BCUT2D eigenvalue weighted by Gasteiger charge is 2.09. The molecule has 0 saturated heterocycles. The van der Waals surface area contributed by atoms with Gasteiger partial charge in [-0.3, -0.25) is 0 Å². The molecule has 0 aromatic heterocycles. The van der Waals surface area contributed by atoms with Crippen LogP contribution >= 0.6 is 23.4 Å². The first-order valence-corrected chi connectivity index (χ1v) is 8.64. The molecule has 0 fully saturated rings. The summed E-state index contributed by atoms with van der Waals surface area (Å²) in [6.07, 6.45) is 1.10. The Balaban J connectivity index is 2.00. The summed E-state index contributed by atoms with van der Waals surface area (Å²) in [6.45, 7) is 4.47. The Morgan fingerprint density at radius 1 is 1.10 bits per heavy atom. The fourth-order valence-corrected chi connectivity index (χ4v) is 3.49. The highest BCUT2D eigenvalue weighted by molar-refractivity contribution is 7.99. The number of benzene rings is 2. The van der Waals surface area contributed by atoms with E-state index in [9.17, 15) is 0 Å². The third-order valence-corrected chi connectivity index (χ3v) is 4.91. The molecule has 1 unspecified atom stereocenters. The monoisotopic (exact) mass is 319 g/mol. The van der Waals surface area contributed by atoms with Crippen molar-refractivity contribution in [1.29, 1.82) is 0 Å². The molecule has 0 heterocycles. The van der Waals surface area contributed by atoms with Crippen LogP contribution in [0, 0.1) is 5.92 Å². The zero-order valence-electron chi connectivity index (χ0n) is 12.6. The lowest BCUT2D eigenvalue weighted by atomic mass is 9.99. The van der Waals surface area contributed by atoms with Crippen molar-refractivity contribution < 1.29 is 0 Å². The molecule has 0 spiro atoms. The Morgan fingerprint density at radius 3 is 2.57 bits per heavy atom. The van der Waals surface area contributed by atoms with E-state index in [1.807, 2.05) is 24.3 Å². The van der Waals surface area contributed by atoms with Gasteiger partial charge in [0.05, 0.1) is 5.02 Å². The molecule has 0 aliphatic carbocycles. The molecule has 0 saturated carbocycles. The first kappa shape index (κ1) is 16.4. The van der Waals surface area contributed by atoms with Gasteiger partial charge in [0.15, 0.2) is 0 Å². The number of halogens is 1. The SMILES string of the molecule is CC(C)Cc1cccc(C(N)CSc2ccccc2Cl)c1. The van der Waals surface area contributed by atoms with Gasteiger partial charge in [0.2, 0.25) is 0 Å². The minimum Gasteiger partial charge on any atom is -0.323 e. The van der Waals surface area contributed by atoms with Gasteiger partial charge in [-0.25, -0.2) is 0 Å². The average molecular weight is 320 g/mol. The lowest BCUT2D eigenvalue weighted by Crippen LogP contribution is -2.13. The summed E-state index contributed by atoms with van der Waals surface area (Å²) in [5, 5.41) is 0.795. The molecule has 112 valence electrons. The van der Waals surface area contributed by atoms with Crippen LogP contribution in [0.3, 0.4) is 0 Å². The summed E-state index contributed by atoms with van der Waals surface area (Å²) in [4.78, 5) is 1.09. The third-order valence-electron chi connectivity index (χ3n) is 3.28. The van der Waals surface area contributed by atoms with E-state index in [-0.39, 0.29) is 6.04 Å². The molecule has 2 rings (SSSR count). The maximum Gasteiger partial charge on any atom is 0.0541 e. The van der Waals surface area contributed by atoms with Crippen molar-refractivity contribution in [3.63, 3.8) is 0 Å². The summed E-state index contributed by atoms with van der Waals surface area (Å²) >= 11 is 7.89. The lowest BCUT2D eigenvalue weighted by Gasteiger charge is -2.14. The molecule has 2 aromatic rings. The molecular formula is C18H22ClNS. The molecular weight excluding hydrogens is 298 g/mol. The molecule has 3 heteroatoms. The van der Waals surface area contributed by atoms with E-state index in [1.165, 1.54) is 11.1 Å². The molecule has 0 amide bonds. The maximum absolute atomic E-state index is 6.33. The van der Waals surface area contributed by atoms with Crippen molar-refractivity contribution >= 4 is 23.4 Å². The Morgan fingerprint density at radius 2 is 1.86 bits per heavy atom. The summed E-state index contributed by atoms with van der Waals surface area (Å²) < 4.78 is 0. The Kier molecular flexibility index (Phi) is 6.16. The van der Waals surface area contributed by atoms with Crippen molar-refractivity contribution in [1.82, 2.24) is 0 Å². The quantitative estimate of drug-likeness (QED) is 0.728. The van der Waals surface area contributed by atoms with E-state index < -0.39 is 0 Å². The van der Waals surface area contributed by atoms with Crippen molar-refractivity contribution in [3.8, 4) is 0 Å². The van der Waals surface area contributed by atoms with Gasteiger partial charge < -0.3 is 5.73 Å². The van der Waals surface area contributed by atoms with Crippen LogP contribution < -0.4 is 5.73 Å². The second-order valence-electron chi connectivity index (χ2n) is 5.69. The van der Waals surface area contributed by atoms with E-state index in [1.54, 1.807) is 11.8 Å². The zero-order valence-corrected chi connectivity index (χ0v) is 14.1. The largest absolute Gasteiger partial charge is 0.323 e. The van der Waals surface area contributed by atoms with Crippen LogP contribution in [0.5, 0.6) is 0 Å². The summed E-state index contributed by atoms with van der Waals surface area (Å²) in [7, 11) is 0. The van der Waals surface area contributed by atoms with Crippen molar-refractivity contribution in [2.45, 2.75) is 31.2 Å². The second-order valence-corrected chi connectivity index (χ2v) is 7.16. The smallest absolute Gasteiger partial charge is 0.0541 e. The minimum absolute atomic E-state index is 0.0263. The molecule has 0 aliphatic heterocycles. The molecule has 1 nitrogen and oxygen atoms in total. The number of hydrogen-bond donors (Lipinski definition) is 1. The Hall–Kier alpha value is -0.960. The van der Waals surface area contributed by atoms with Crippen LogP contribution in [0.25, 0.3) is 0 Å². The summed E-state index contributed by atoms with van der Waals surface area (Å²) in [5.74, 6) is 1.49. The third kappa shape index (κ3) is 5.06. The first-order chi connectivity index (χ1) is 10.1. The predicted molar refractivity (Wildman–Crippen MR) is 94.1 cm³/mol. The van der Waals surface area contributed by atoms with Gasteiger partial charge in [-0.05, 0) is 35.6 Å².